The van der Waals surface area contributed by atoms with Crippen LogP contribution in [0, 0.1) is 5.92 Å². The molecule has 2 aliphatic heterocycles. The van der Waals surface area contributed by atoms with Gasteiger partial charge in [-0.2, -0.15) is 0 Å². The zero-order valence-electron chi connectivity index (χ0n) is 18.2. The van der Waals surface area contributed by atoms with Crippen molar-refractivity contribution in [3.8, 4) is 17.2 Å². The van der Waals surface area contributed by atoms with Crippen LogP contribution in [0.3, 0.4) is 0 Å². The Balaban J connectivity index is 1.52. The monoisotopic (exact) mass is 424 g/mol. The predicted octanol–water partition coefficient (Wildman–Crippen LogP) is 3.43. The topological polar surface area (TPSA) is 68.3 Å². The van der Waals surface area contributed by atoms with E-state index in [0.717, 1.165) is 29.8 Å². The summed E-state index contributed by atoms with van der Waals surface area (Å²) in [5.41, 5.74) is 1.77. The zero-order valence-corrected chi connectivity index (χ0v) is 18.2. The Bertz CT molecular complexity index is 959. The third-order valence-electron chi connectivity index (χ3n) is 6.19. The molecular formula is C24H28N2O5. The molecule has 31 heavy (non-hydrogen) atoms. The summed E-state index contributed by atoms with van der Waals surface area (Å²) in [5, 5.41) is 0. The number of likely N-dealkylation sites (tertiary alicyclic amines) is 1. The maximum Gasteiger partial charge on any atom is 0.228 e. The predicted molar refractivity (Wildman–Crippen MR) is 117 cm³/mol. The van der Waals surface area contributed by atoms with Crippen molar-refractivity contribution in [3.05, 3.63) is 48.0 Å². The van der Waals surface area contributed by atoms with E-state index in [9.17, 15) is 9.59 Å². The van der Waals surface area contributed by atoms with Gasteiger partial charge in [0.25, 0.3) is 0 Å². The summed E-state index contributed by atoms with van der Waals surface area (Å²) in [6.07, 6.45) is 2.03. The number of carbonyl (C=O) groups excluding carboxylic acids is 2. The molecule has 2 fully saturated rings. The molecule has 2 aromatic rings. The molecule has 0 spiro atoms. The molecule has 0 unspecified atom stereocenters. The van der Waals surface area contributed by atoms with Crippen LogP contribution in [0.25, 0.3) is 0 Å². The summed E-state index contributed by atoms with van der Waals surface area (Å²) >= 11 is 0. The van der Waals surface area contributed by atoms with Crippen molar-refractivity contribution in [1.29, 1.82) is 0 Å². The number of rotatable bonds is 6. The van der Waals surface area contributed by atoms with Gasteiger partial charge in [-0.25, -0.2) is 0 Å². The molecule has 2 amide bonds. The van der Waals surface area contributed by atoms with Gasteiger partial charge in [0, 0.05) is 36.8 Å². The molecular weight excluding hydrogens is 396 g/mol. The summed E-state index contributed by atoms with van der Waals surface area (Å²) in [6, 6.07) is 13.0. The maximum atomic E-state index is 13.4. The lowest BCUT2D eigenvalue weighted by Crippen LogP contribution is -2.37. The van der Waals surface area contributed by atoms with E-state index in [1.54, 1.807) is 26.2 Å². The van der Waals surface area contributed by atoms with Gasteiger partial charge in [0.05, 0.1) is 33.3 Å². The van der Waals surface area contributed by atoms with Crippen LogP contribution in [0.2, 0.25) is 0 Å². The van der Waals surface area contributed by atoms with E-state index in [1.165, 1.54) is 0 Å². The fourth-order valence-electron chi connectivity index (χ4n) is 4.57. The molecule has 0 saturated carbocycles. The average Bonchev–Trinajstić information content (AvgIpc) is 3.45. The Morgan fingerprint density at radius 1 is 0.968 bits per heavy atom. The summed E-state index contributed by atoms with van der Waals surface area (Å²) < 4.78 is 16.1. The number of amides is 2. The van der Waals surface area contributed by atoms with Crippen LogP contribution in [0.1, 0.15) is 30.9 Å². The van der Waals surface area contributed by atoms with Gasteiger partial charge in [0.1, 0.15) is 17.2 Å². The number of anilines is 1. The van der Waals surface area contributed by atoms with Gasteiger partial charge in [0.2, 0.25) is 11.8 Å². The minimum Gasteiger partial charge on any atom is -0.497 e. The second kappa shape index (κ2) is 8.88. The first kappa shape index (κ1) is 21.0. The molecule has 164 valence electrons. The summed E-state index contributed by atoms with van der Waals surface area (Å²) in [5.74, 6) is 1.82. The van der Waals surface area contributed by atoms with E-state index in [0.29, 0.717) is 24.6 Å². The van der Waals surface area contributed by atoms with Crippen LogP contribution in [-0.4, -0.2) is 51.1 Å². The summed E-state index contributed by atoms with van der Waals surface area (Å²) in [6.45, 7) is 1.08. The standard InChI is InChI=1S/C24H28N2O5/c1-29-18-8-6-17(7-9-18)26-15-16(13-23(26)27)24(28)25-12-4-5-21(25)20-11-10-19(30-2)14-22(20)31-3/h6-11,14,16,21H,4-5,12-13,15H2,1-3H3/t16-,21+/m0/s1. The summed E-state index contributed by atoms with van der Waals surface area (Å²) in [4.78, 5) is 29.7. The molecule has 0 radical (unpaired) electrons. The van der Waals surface area contributed by atoms with E-state index in [2.05, 4.69) is 0 Å². The van der Waals surface area contributed by atoms with Crippen LogP contribution in [0.15, 0.2) is 42.5 Å². The Labute approximate surface area is 182 Å². The molecule has 2 heterocycles. The highest BCUT2D eigenvalue weighted by molar-refractivity contribution is 6.00. The molecule has 7 nitrogen and oxygen atoms in total. The fourth-order valence-corrected chi connectivity index (χ4v) is 4.57. The average molecular weight is 424 g/mol. The number of methoxy groups -OCH3 is 3. The number of ether oxygens (including phenoxy) is 3. The molecule has 2 aromatic carbocycles. The summed E-state index contributed by atoms with van der Waals surface area (Å²) in [7, 11) is 4.85. The number of carbonyl (C=O) groups is 2. The van der Waals surface area contributed by atoms with Crippen molar-refractivity contribution in [2.75, 3.05) is 39.3 Å². The van der Waals surface area contributed by atoms with Crippen molar-refractivity contribution in [1.82, 2.24) is 4.90 Å². The number of hydrogen-bond donors (Lipinski definition) is 0. The van der Waals surface area contributed by atoms with Gasteiger partial charge in [-0.3, -0.25) is 9.59 Å². The highest BCUT2D eigenvalue weighted by Gasteiger charge is 2.41. The zero-order chi connectivity index (χ0) is 22.0. The first-order valence-corrected chi connectivity index (χ1v) is 10.5. The Morgan fingerprint density at radius 3 is 2.35 bits per heavy atom. The Morgan fingerprint density at radius 2 is 1.68 bits per heavy atom. The van der Waals surface area contributed by atoms with Gasteiger partial charge >= 0.3 is 0 Å². The SMILES string of the molecule is COc1ccc(N2C[C@@H](C(=O)N3CCC[C@@H]3c3ccc(OC)cc3OC)CC2=O)cc1. The molecule has 0 bridgehead atoms. The molecule has 7 heteroatoms. The second-order valence-electron chi connectivity index (χ2n) is 7.90. The lowest BCUT2D eigenvalue weighted by atomic mass is 10.0. The van der Waals surface area contributed by atoms with Crippen molar-refractivity contribution >= 4 is 17.5 Å². The molecule has 2 atom stereocenters. The first-order chi connectivity index (χ1) is 15.0. The van der Waals surface area contributed by atoms with Crippen LogP contribution in [0.4, 0.5) is 5.69 Å². The second-order valence-corrected chi connectivity index (χ2v) is 7.90. The molecule has 2 saturated heterocycles. The van der Waals surface area contributed by atoms with Gasteiger partial charge in [-0.15, -0.1) is 0 Å². The number of benzene rings is 2. The van der Waals surface area contributed by atoms with Gasteiger partial charge in [0.15, 0.2) is 0 Å². The van der Waals surface area contributed by atoms with Crippen LogP contribution < -0.4 is 19.1 Å². The molecule has 0 aromatic heterocycles. The van der Waals surface area contributed by atoms with Gasteiger partial charge in [-0.1, -0.05) is 0 Å². The minimum atomic E-state index is -0.348. The van der Waals surface area contributed by atoms with Gasteiger partial charge < -0.3 is 24.0 Å². The third kappa shape index (κ3) is 4.04. The van der Waals surface area contributed by atoms with E-state index in [1.807, 2.05) is 47.4 Å². The van der Waals surface area contributed by atoms with E-state index in [4.69, 9.17) is 14.2 Å². The maximum absolute atomic E-state index is 13.4. The van der Waals surface area contributed by atoms with Gasteiger partial charge in [-0.05, 0) is 49.2 Å². The molecule has 0 N–H and O–H groups in total. The smallest absolute Gasteiger partial charge is 0.228 e. The normalized spacial score (nSPS) is 20.8. The highest BCUT2D eigenvalue weighted by atomic mass is 16.5. The van der Waals surface area contributed by atoms with Crippen molar-refractivity contribution < 1.29 is 23.8 Å². The molecule has 0 aliphatic carbocycles. The molecule has 4 rings (SSSR count). The van der Waals surface area contributed by atoms with Crippen LogP contribution >= 0.6 is 0 Å². The van der Waals surface area contributed by atoms with Crippen LogP contribution in [-0.2, 0) is 9.59 Å². The van der Waals surface area contributed by atoms with Crippen molar-refractivity contribution in [2.24, 2.45) is 5.92 Å². The third-order valence-corrected chi connectivity index (χ3v) is 6.19. The van der Waals surface area contributed by atoms with E-state index >= 15 is 0 Å². The Kier molecular flexibility index (Phi) is 6.02. The molecule has 2 aliphatic rings. The van der Waals surface area contributed by atoms with Crippen LogP contribution in [0.5, 0.6) is 17.2 Å². The Hall–Kier alpha value is -3.22. The van der Waals surface area contributed by atoms with Crippen molar-refractivity contribution in [2.45, 2.75) is 25.3 Å². The lowest BCUT2D eigenvalue weighted by Gasteiger charge is -2.28. The van der Waals surface area contributed by atoms with E-state index < -0.39 is 0 Å². The van der Waals surface area contributed by atoms with Crippen molar-refractivity contribution in [3.63, 3.8) is 0 Å². The first-order valence-electron chi connectivity index (χ1n) is 10.5. The highest BCUT2D eigenvalue weighted by Crippen LogP contribution is 2.40. The number of nitrogens with zero attached hydrogens (tertiary/aromatic N) is 2. The fraction of sp³-hybridized carbons (Fsp3) is 0.417. The largest absolute Gasteiger partial charge is 0.497 e. The number of hydrogen-bond acceptors (Lipinski definition) is 5. The minimum absolute atomic E-state index is 0.0266. The lowest BCUT2D eigenvalue weighted by molar-refractivity contribution is -0.136. The quantitative estimate of drug-likeness (QED) is 0.711. The van der Waals surface area contributed by atoms with E-state index in [-0.39, 0.29) is 30.2 Å².